The molecule has 4 aliphatic carbocycles. The molecule has 5 unspecified atom stereocenters. The molecule has 1 aromatic rings. The van der Waals surface area contributed by atoms with E-state index in [9.17, 15) is 29.7 Å². The Morgan fingerprint density at radius 2 is 1.77 bits per heavy atom. The summed E-state index contributed by atoms with van der Waals surface area (Å²) in [6.07, 6.45) is 7.77. The standard InChI is InChI=1S/C32H42N4O7/c1-29-11-8-24-25(32(29,42)14-10-23(29)20-15-26(38)43-17-20)9-13-31(41)16-22(37)7-12-30(24,31)18-34-36-27(39)19-3-5-21(6-4-19)35-28(40)33-2/h3-6,15,18,22-25,37,41-42H,7-14,16-17H2,1-2H3,(H,36,39)(H2,33,35,40)/t22-,23?,24+,25-,29?,30?,31?,32?/m1/s1. The van der Waals surface area contributed by atoms with Crippen LogP contribution in [0, 0.1) is 28.6 Å². The highest BCUT2D eigenvalue weighted by Crippen LogP contribution is 2.70. The van der Waals surface area contributed by atoms with Crippen molar-refractivity contribution in [3.05, 3.63) is 41.5 Å². The average Bonchev–Trinajstić information content (AvgIpc) is 3.52. The number of hydrazone groups is 1. The first-order valence-electron chi connectivity index (χ1n) is 15.4. The summed E-state index contributed by atoms with van der Waals surface area (Å²) in [5.41, 5.74) is 1.02. The maximum Gasteiger partial charge on any atom is 0.331 e. The topological polar surface area (TPSA) is 170 Å². The van der Waals surface area contributed by atoms with Crippen LogP contribution in [-0.4, -0.2) is 70.4 Å². The lowest BCUT2D eigenvalue weighted by atomic mass is 9.41. The Labute approximate surface area is 251 Å². The number of hydrogen-bond donors (Lipinski definition) is 6. The van der Waals surface area contributed by atoms with E-state index < -0.39 is 34.0 Å². The second kappa shape index (κ2) is 10.7. The quantitative estimate of drug-likeness (QED) is 0.173. The largest absolute Gasteiger partial charge is 0.458 e. The number of carbonyl (C=O) groups is 3. The molecule has 11 heteroatoms. The van der Waals surface area contributed by atoms with E-state index >= 15 is 0 Å². The number of anilines is 1. The molecule has 4 saturated carbocycles. The summed E-state index contributed by atoms with van der Waals surface area (Å²) in [7, 11) is 1.51. The number of esters is 1. The van der Waals surface area contributed by atoms with Crippen molar-refractivity contribution in [2.45, 2.75) is 82.0 Å². The molecule has 1 aliphatic heterocycles. The van der Waals surface area contributed by atoms with Crippen LogP contribution in [-0.2, 0) is 9.53 Å². The van der Waals surface area contributed by atoms with E-state index in [2.05, 4.69) is 28.1 Å². The molecule has 4 fully saturated rings. The number of rotatable bonds is 5. The molecule has 6 rings (SSSR count). The minimum absolute atomic E-state index is 0.0562. The zero-order chi connectivity index (χ0) is 30.6. The minimum Gasteiger partial charge on any atom is -0.458 e. The molecule has 0 aromatic heterocycles. The van der Waals surface area contributed by atoms with Gasteiger partial charge in [0.15, 0.2) is 0 Å². The van der Waals surface area contributed by atoms with E-state index in [0.29, 0.717) is 43.4 Å². The molecule has 8 atom stereocenters. The Morgan fingerprint density at radius 1 is 1.02 bits per heavy atom. The van der Waals surface area contributed by atoms with Crippen LogP contribution in [0.4, 0.5) is 10.5 Å². The normalized spacial score (nSPS) is 40.1. The maximum atomic E-state index is 13.0. The highest BCUT2D eigenvalue weighted by atomic mass is 16.5. The second-order valence-corrected chi connectivity index (χ2v) is 13.5. The van der Waals surface area contributed by atoms with Gasteiger partial charge in [0.25, 0.3) is 5.91 Å². The SMILES string of the molecule is CNC(=O)Nc1ccc(C(=O)NN=CC23CC[C@@H](O)CC2(O)CC[C@@H]2[C@@H]3CCC3(C)C(C4=CC(=O)OC4)CCC23O)cc1. The molecule has 0 radical (unpaired) electrons. The van der Waals surface area contributed by atoms with Gasteiger partial charge in [-0.05, 0) is 99.0 Å². The Morgan fingerprint density at radius 3 is 2.47 bits per heavy atom. The third-order valence-electron chi connectivity index (χ3n) is 11.7. The van der Waals surface area contributed by atoms with Crippen LogP contribution in [0.15, 0.2) is 41.0 Å². The van der Waals surface area contributed by atoms with Crippen molar-refractivity contribution < 1.29 is 34.4 Å². The summed E-state index contributed by atoms with van der Waals surface area (Å²) in [4.78, 5) is 36.4. The number of cyclic esters (lactones) is 1. The predicted octanol–water partition coefficient (Wildman–Crippen LogP) is 2.87. The fourth-order valence-corrected chi connectivity index (χ4v) is 9.53. The zero-order valence-corrected chi connectivity index (χ0v) is 24.8. The van der Waals surface area contributed by atoms with E-state index in [1.54, 1.807) is 36.6 Å². The van der Waals surface area contributed by atoms with Crippen molar-refractivity contribution in [2.75, 3.05) is 19.0 Å². The molecule has 43 heavy (non-hydrogen) atoms. The molecule has 11 nitrogen and oxygen atoms in total. The van der Waals surface area contributed by atoms with E-state index in [4.69, 9.17) is 4.74 Å². The van der Waals surface area contributed by atoms with Gasteiger partial charge in [0, 0.05) is 47.8 Å². The van der Waals surface area contributed by atoms with E-state index in [1.807, 2.05) is 0 Å². The van der Waals surface area contributed by atoms with Gasteiger partial charge in [0.05, 0.1) is 17.3 Å². The van der Waals surface area contributed by atoms with Crippen molar-refractivity contribution in [1.82, 2.24) is 10.7 Å². The first-order chi connectivity index (χ1) is 20.4. The number of fused-ring (bicyclic) bond motifs is 5. The van der Waals surface area contributed by atoms with Gasteiger partial charge in [0.1, 0.15) is 6.61 Å². The van der Waals surface area contributed by atoms with Gasteiger partial charge >= 0.3 is 12.0 Å². The van der Waals surface area contributed by atoms with Gasteiger partial charge in [-0.25, -0.2) is 15.0 Å². The van der Waals surface area contributed by atoms with E-state index in [0.717, 1.165) is 24.8 Å². The molecule has 1 heterocycles. The second-order valence-electron chi connectivity index (χ2n) is 13.5. The Hall–Kier alpha value is -3.28. The number of aliphatic hydroxyl groups is 3. The number of urea groups is 1. The van der Waals surface area contributed by atoms with Crippen molar-refractivity contribution in [3.63, 3.8) is 0 Å². The summed E-state index contributed by atoms with van der Waals surface area (Å²) in [6.45, 7) is 2.43. The number of nitrogens with one attached hydrogen (secondary N) is 3. The zero-order valence-electron chi connectivity index (χ0n) is 24.8. The van der Waals surface area contributed by atoms with Gasteiger partial charge < -0.3 is 30.7 Å². The number of carbonyl (C=O) groups excluding carboxylic acids is 3. The Kier molecular flexibility index (Phi) is 7.42. The fraction of sp³-hybridized carbons (Fsp3) is 0.625. The van der Waals surface area contributed by atoms with Crippen molar-refractivity contribution in [1.29, 1.82) is 0 Å². The third kappa shape index (κ3) is 4.67. The summed E-state index contributed by atoms with van der Waals surface area (Å²) in [5, 5.41) is 44.8. The highest BCUT2D eigenvalue weighted by Gasteiger charge is 2.71. The first-order valence-corrected chi connectivity index (χ1v) is 15.4. The number of amides is 3. The predicted molar refractivity (Wildman–Crippen MR) is 158 cm³/mol. The summed E-state index contributed by atoms with van der Waals surface area (Å²) >= 11 is 0. The van der Waals surface area contributed by atoms with Crippen LogP contribution in [0.3, 0.4) is 0 Å². The number of hydrogen-bond acceptors (Lipinski definition) is 8. The number of aliphatic hydroxyl groups excluding tert-OH is 1. The monoisotopic (exact) mass is 594 g/mol. The van der Waals surface area contributed by atoms with Gasteiger partial charge in [-0.15, -0.1) is 0 Å². The van der Waals surface area contributed by atoms with Gasteiger partial charge in [-0.2, -0.15) is 5.10 Å². The molecule has 1 aromatic carbocycles. The lowest BCUT2D eigenvalue weighted by Crippen LogP contribution is -2.68. The lowest BCUT2D eigenvalue weighted by Gasteiger charge is -2.65. The molecule has 0 saturated heterocycles. The molecule has 232 valence electrons. The number of ether oxygens (including phenoxy) is 1. The summed E-state index contributed by atoms with van der Waals surface area (Å²) < 4.78 is 5.23. The van der Waals surface area contributed by atoms with E-state index in [-0.39, 0.29) is 42.8 Å². The van der Waals surface area contributed by atoms with Crippen LogP contribution in [0.1, 0.15) is 75.1 Å². The number of benzene rings is 1. The maximum absolute atomic E-state index is 13.0. The highest BCUT2D eigenvalue weighted by molar-refractivity contribution is 5.95. The van der Waals surface area contributed by atoms with Crippen LogP contribution in [0.5, 0.6) is 0 Å². The van der Waals surface area contributed by atoms with Crippen LogP contribution in [0.25, 0.3) is 0 Å². The van der Waals surface area contributed by atoms with Crippen LogP contribution in [0.2, 0.25) is 0 Å². The molecule has 0 bridgehead atoms. The van der Waals surface area contributed by atoms with Gasteiger partial charge in [-0.3, -0.25) is 4.79 Å². The molecule has 6 N–H and O–H groups in total. The molecule has 5 aliphatic rings. The van der Waals surface area contributed by atoms with Crippen molar-refractivity contribution in [2.24, 2.45) is 33.7 Å². The van der Waals surface area contributed by atoms with Crippen LogP contribution < -0.4 is 16.1 Å². The fourth-order valence-electron chi connectivity index (χ4n) is 9.53. The van der Waals surface area contributed by atoms with Crippen molar-refractivity contribution in [3.8, 4) is 0 Å². The lowest BCUT2D eigenvalue weighted by molar-refractivity contribution is -0.237. The summed E-state index contributed by atoms with van der Waals surface area (Å²) in [5.74, 6) is -0.892. The van der Waals surface area contributed by atoms with Crippen LogP contribution >= 0.6 is 0 Å². The Balaban J connectivity index is 1.26. The van der Waals surface area contributed by atoms with Gasteiger partial charge in [-0.1, -0.05) is 6.92 Å². The third-order valence-corrected chi connectivity index (χ3v) is 11.7. The number of nitrogens with zero attached hydrogens (tertiary/aromatic N) is 1. The minimum atomic E-state index is -1.22. The Bertz CT molecular complexity index is 1360. The molecular formula is C32H42N4O7. The first kappa shape index (κ1) is 29.8. The summed E-state index contributed by atoms with van der Waals surface area (Å²) in [6, 6.07) is 6.06. The average molecular weight is 595 g/mol. The smallest absolute Gasteiger partial charge is 0.331 e. The molecular weight excluding hydrogens is 552 g/mol. The van der Waals surface area contributed by atoms with Crippen molar-refractivity contribution >= 4 is 29.8 Å². The van der Waals surface area contributed by atoms with E-state index in [1.165, 1.54) is 7.05 Å². The molecule has 3 amide bonds. The molecule has 0 spiro atoms. The van der Waals surface area contributed by atoms with Gasteiger partial charge in [0.2, 0.25) is 0 Å².